The van der Waals surface area contributed by atoms with Crippen LogP contribution < -0.4 is 0 Å². The largest absolute Gasteiger partial charge is 0.391 e. The first-order chi connectivity index (χ1) is 8.31. The lowest BCUT2D eigenvalue weighted by Gasteiger charge is -2.31. The minimum Gasteiger partial charge on any atom is -0.391 e. The highest BCUT2D eigenvalue weighted by Crippen LogP contribution is 2.19. The van der Waals surface area contributed by atoms with Crippen LogP contribution in [0.4, 0.5) is 0 Å². The first kappa shape index (κ1) is 12.6. The topological polar surface area (TPSA) is 23.5 Å². The lowest BCUT2D eigenvalue weighted by Crippen LogP contribution is -2.43. The fourth-order valence-electron chi connectivity index (χ4n) is 2.71. The van der Waals surface area contributed by atoms with Gasteiger partial charge in [0.2, 0.25) is 0 Å². The number of rotatable bonds is 5. The Labute approximate surface area is 104 Å². The molecule has 1 fully saturated rings. The third-order valence-corrected chi connectivity index (χ3v) is 3.76. The summed E-state index contributed by atoms with van der Waals surface area (Å²) < 4.78 is 0. The van der Waals surface area contributed by atoms with Gasteiger partial charge in [0.15, 0.2) is 0 Å². The van der Waals surface area contributed by atoms with Crippen LogP contribution in [0.2, 0.25) is 0 Å². The highest BCUT2D eigenvalue weighted by molar-refractivity contribution is 5.16. The van der Waals surface area contributed by atoms with Crippen LogP contribution in [0.3, 0.4) is 0 Å². The Kier molecular flexibility index (Phi) is 4.57. The van der Waals surface area contributed by atoms with Crippen molar-refractivity contribution >= 4 is 0 Å². The molecule has 2 nitrogen and oxygen atoms in total. The highest BCUT2D eigenvalue weighted by Gasteiger charge is 2.27. The van der Waals surface area contributed by atoms with Gasteiger partial charge in [0.1, 0.15) is 0 Å². The van der Waals surface area contributed by atoms with Gasteiger partial charge in [-0.2, -0.15) is 0 Å². The molecule has 0 spiro atoms. The van der Waals surface area contributed by atoms with E-state index in [1.165, 1.54) is 18.4 Å². The second kappa shape index (κ2) is 6.18. The van der Waals surface area contributed by atoms with E-state index in [2.05, 4.69) is 36.1 Å². The molecule has 1 heterocycles. The van der Waals surface area contributed by atoms with E-state index in [9.17, 15) is 5.11 Å². The van der Waals surface area contributed by atoms with Crippen molar-refractivity contribution in [2.24, 2.45) is 0 Å². The van der Waals surface area contributed by atoms with Gasteiger partial charge < -0.3 is 5.11 Å². The molecular weight excluding hydrogens is 210 g/mol. The van der Waals surface area contributed by atoms with Gasteiger partial charge >= 0.3 is 0 Å². The van der Waals surface area contributed by atoms with Gasteiger partial charge in [0.25, 0.3) is 0 Å². The van der Waals surface area contributed by atoms with Crippen LogP contribution in [0.15, 0.2) is 30.3 Å². The summed E-state index contributed by atoms with van der Waals surface area (Å²) in [5.74, 6) is 0. The smallest absolute Gasteiger partial charge is 0.0696 e. The Morgan fingerprint density at radius 2 is 1.82 bits per heavy atom. The number of hydrogen-bond acceptors (Lipinski definition) is 2. The van der Waals surface area contributed by atoms with Crippen LogP contribution in [0.5, 0.6) is 0 Å². The molecule has 1 aromatic rings. The van der Waals surface area contributed by atoms with Crippen molar-refractivity contribution in [2.45, 2.75) is 44.8 Å². The first-order valence-electron chi connectivity index (χ1n) is 6.77. The van der Waals surface area contributed by atoms with Gasteiger partial charge in [-0.1, -0.05) is 37.3 Å². The summed E-state index contributed by atoms with van der Waals surface area (Å²) >= 11 is 0. The van der Waals surface area contributed by atoms with Gasteiger partial charge in [-0.3, -0.25) is 4.90 Å². The number of likely N-dealkylation sites (tertiary alicyclic amines) is 1. The second-order valence-electron chi connectivity index (χ2n) is 4.98. The molecule has 94 valence electrons. The minimum absolute atomic E-state index is 0.201. The number of nitrogens with zero attached hydrogens (tertiary/aromatic N) is 1. The molecule has 17 heavy (non-hydrogen) atoms. The minimum atomic E-state index is -0.201. The monoisotopic (exact) mass is 233 g/mol. The maximum Gasteiger partial charge on any atom is 0.0696 e. The molecule has 0 aliphatic carbocycles. The van der Waals surface area contributed by atoms with E-state index in [1.807, 2.05) is 6.07 Å². The van der Waals surface area contributed by atoms with Gasteiger partial charge in [-0.05, 0) is 44.3 Å². The number of aliphatic hydroxyl groups is 1. The Bertz CT molecular complexity index is 319. The number of hydrogen-bond donors (Lipinski definition) is 1. The summed E-state index contributed by atoms with van der Waals surface area (Å²) in [4.78, 5) is 2.46. The normalized spacial score (nSPS) is 20.4. The van der Waals surface area contributed by atoms with Crippen LogP contribution >= 0.6 is 0 Å². The number of aliphatic hydroxyl groups excluding tert-OH is 1. The summed E-state index contributed by atoms with van der Waals surface area (Å²) in [6.45, 7) is 4.36. The van der Waals surface area contributed by atoms with Crippen molar-refractivity contribution in [3.05, 3.63) is 35.9 Å². The average Bonchev–Trinajstić information content (AvgIpc) is 2.90. The molecule has 2 heteroatoms. The summed E-state index contributed by atoms with van der Waals surface area (Å²) in [5, 5.41) is 10.2. The van der Waals surface area contributed by atoms with E-state index >= 15 is 0 Å². The molecule has 1 aliphatic rings. The molecule has 1 N–H and O–H groups in total. The molecule has 1 aliphatic heterocycles. The summed E-state index contributed by atoms with van der Waals surface area (Å²) in [6, 6.07) is 10.8. The Balaban J connectivity index is 2.05. The first-order valence-corrected chi connectivity index (χ1v) is 6.77. The van der Waals surface area contributed by atoms with Crippen molar-refractivity contribution in [1.29, 1.82) is 0 Å². The van der Waals surface area contributed by atoms with E-state index in [0.717, 1.165) is 25.9 Å². The van der Waals surface area contributed by atoms with Crippen LogP contribution in [0, 0.1) is 0 Å². The molecule has 2 atom stereocenters. The predicted octanol–water partition coefficient (Wildman–Crippen LogP) is 2.46. The Morgan fingerprint density at radius 1 is 1.18 bits per heavy atom. The third-order valence-electron chi connectivity index (χ3n) is 3.76. The zero-order valence-electron chi connectivity index (χ0n) is 10.7. The molecule has 1 saturated heterocycles. The summed E-state index contributed by atoms with van der Waals surface area (Å²) in [7, 11) is 0. The van der Waals surface area contributed by atoms with Crippen molar-refractivity contribution in [2.75, 3.05) is 13.1 Å². The molecule has 0 radical (unpaired) electrons. The predicted molar refractivity (Wildman–Crippen MR) is 71.0 cm³/mol. The van der Waals surface area contributed by atoms with E-state index in [1.54, 1.807) is 0 Å². The molecule has 2 rings (SSSR count). The zero-order valence-corrected chi connectivity index (χ0v) is 10.7. The fraction of sp³-hybridized carbons (Fsp3) is 0.600. The van der Waals surface area contributed by atoms with E-state index in [4.69, 9.17) is 0 Å². The quantitative estimate of drug-likeness (QED) is 0.844. The van der Waals surface area contributed by atoms with E-state index in [0.29, 0.717) is 6.04 Å². The molecule has 1 aromatic carbocycles. The van der Waals surface area contributed by atoms with Crippen LogP contribution in [-0.2, 0) is 6.42 Å². The Hall–Kier alpha value is -0.860. The van der Waals surface area contributed by atoms with Crippen LogP contribution in [0.25, 0.3) is 0 Å². The third kappa shape index (κ3) is 3.30. The zero-order chi connectivity index (χ0) is 12.1. The fourth-order valence-corrected chi connectivity index (χ4v) is 2.71. The standard InChI is InChI=1S/C15H23NO/c1-2-15(17)14(16-10-6-7-11-16)12-13-8-4-3-5-9-13/h3-5,8-9,14-15,17H,2,6-7,10-12H2,1H3. The van der Waals surface area contributed by atoms with Crippen molar-refractivity contribution in [3.63, 3.8) is 0 Å². The van der Waals surface area contributed by atoms with Crippen molar-refractivity contribution < 1.29 is 5.11 Å². The highest BCUT2D eigenvalue weighted by atomic mass is 16.3. The van der Waals surface area contributed by atoms with Crippen LogP contribution in [0.1, 0.15) is 31.7 Å². The molecule has 0 amide bonds. The van der Waals surface area contributed by atoms with Crippen LogP contribution in [-0.4, -0.2) is 35.2 Å². The van der Waals surface area contributed by atoms with Gasteiger partial charge in [-0.15, -0.1) is 0 Å². The molecule has 0 saturated carbocycles. The van der Waals surface area contributed by atoms with Crippen molar-refractivity contribution in [3.8, 4) is 0 Å². The van der Waals surface area contributed by atoms with Gasteiger partial charge in [0, 0.05) is 6.04 Å². The lowest BCUT2D eigenvalue weighted by atomic mass is 9.98. The Morgan fingerprint density at radius 3 is 2.41 bits per heavy atom. The number of benzene rings is 1. The summed E-state index contributed by atoms with van der Waals surface area (Å²) in [6.07, 6.45) is 4.17. The molecule has 2 unspecified atom stereocenters. The molecule has 0 aromatic heterocycles. The lowest BCUT2D eigenvalue weighted by molar-refractivity contribution is 0.0592. The SMILES string of the molecule is CCC(O)C(Cc1ccccc1)N1CCCC1. The van der Waals surface area contributed by atoms with Crippen molar-refractivity contribution in [1.82, 2.24) is 4.90 Å². The van der Waals surface area contributed by atoms with Gasteiger partial charge in [-0.25, -0.2) is 0 Å². The van der Waals surface area contributed by atoms with Gasteiger partial charge in [0.05, 0.1) is 6.10 Å². The average molecular weight is 233 g/mol. The summed E-state index contributed by atoms with van der Waals surface area (Å²) in [5.41, 5.74) is 1.33. The van der Waals surface area contributed by atoms with E-state index in [-0.39, 0.29) is 6.10 Å². The van der Waals surface area contributed by atoms with E-state index < -0.39 is 0 Å². The maximum atomic E-state index is 10.2. The molecular formula is C15H23NO. The maximum absolute atomic E-state index is 10.2. The molecule has 0 bridgehead atoms. The second-order valence-corrected chi connectivity index (χ2v) is 4.98.